The first-order valence-corrected chi connectivity index (χ1v) is 9.24. The summed E-state index contributed by atoms with van der Waals surface area (Å²) in [7, 11) is 0. The van der Waals surface area contributed by atoms with Gasteiger partial charge in [-0.1, -0.05) is 30.3 Å². The molecule has 25 heavy (non-hydrogen) atoms. The van der Waals surface area contributed by atoms with Gasteiger partial charge in [-0.25, -0.2) is 4.98 Å². The van der Waals surface area contributed by atoms with E-state index < -0.39 is 0 Å². The van der Waals surface area contributed by atoms with Crippen molar-refractivity contribution < 1.29 is 9.21 Å². The van der Waals surface area contributed by atoms with Crippen LogP contribution in [-0.4, -0.2) is 45.9 Å². The lowest BCUT2D eigenvalue weighted by molar-refractivity contribution is -0.130. The SMILES string of the molecule is CC(=O)N1CCC[C@@H]1[C@H]1CCCN1Cc1ncc(-c2ccccc2)o1. The summed E-state index contributed by atoms with van der Waals surface area (Å²) in [6.45, 7) is 4.37. The largest absolute Gasteiger partial charge is 0.439 e. The third-order valence-electron chi connectivity index (χ3n) is 5.51. The van der Waals surface area contributed by atoms with E-state index in [-0.39, 0.29) is 5.91 Å². The number of amides is 1. The molecule has 0 radical (unpaired) electrons. The fourth-order valence-corrected chi connectivity index (χ4v) is 4.36. The van der Waals surface area contributed by atoms with Gasteiger partial charge in [-0.2, -0.15) is 0 Å². The second-order valence-corrected chi connectivity index (χ2v) is 7.09. The van der Waals surface area contributed by atoms with Crippen LogP contribution in [0.2, 0.25) is 0 Å². The van der Waals surface area contributed by atoms with Crippen LogP contribution in [0, 0.1) is 0 Å². The highest BCUT2D eigenvalue weighted by Crippen LogP contribution is 2.31. The normalized spacial score (nSPS) is 24.1. The number of carbonyl (C=O) groups excluding carboxylic acids is 1. The first-order valence-electron chi connectivity index (χ1n) is 9.24. The van der Waals surface area contributed by atoms with E-state index in [1.165, 1.54) is 6.42 Å². The number of likely N-dealkylation sites (tertiary alicyclic amines) is 2. The molecule has 0 aliphatic carbocycles. The number of rotatable bonds is 4. The smallest absolute Gasteiger partial charge is 0.219 e. The Balaban J connectivity index is 1.47. The monoisotopic (exact) mass is 339 g/mol. The van der Waals surface area contributed by atoms with Crippen molar-refractivity contribution in [1.82, 2.24) is 14.8 Å². The molecule has 132 valence electrons. The average Bonchev–Trinajstić information content (AvgIpc) is 3.36. The van der Waals surface area contributed by atoms with Crippen LogP contribution in [0.3, 0.4) is 0 Å². The molecule has 5 heteroatoms. The summed E-state index contributed by atoms with van der Waals surface area (Å²) in [6.07, 6.45) is 6.38. The Labute approximate surface area is 148 Å². The van der Waals surface area contributed by atoms with Crippen molar-refractivity contribution in [1.29, 1.82) is 0 Å². The van der Waals surface area contributed by atoms with Crippen LogP contribution < -0.4 is 0 Å². The van der Waals surface area contributed by atoms with Crippen molar-refractivity contribution in [3.63, 3.8) is 0 Å². The van der Waals surface area contributed by atoms with Crippen LogP contribution in [0.25, 0.3) is 11.3 Å². The minimum atomic E-state index is 0.205. The van der Waals surface area contributed by atoms with Gasteiger partial charge in [0, 0.05) is 31.1 Å². The van der Waals surface area contributed by atoms with E-state index in [4.69, 9.17) is 4.42 Å². The standard InChI is InChI=1S/C20H25N3O2/c1-15(24)23-12-6-10-18(23)17-9-5-11-22(17)14-20-21-13-19(25-20)16-7-3-2-4-8-16/h2-4,7-8,13,17-18H,5-6,9-12,14H2,1H3/t17-,18-/m1/s1. The molecule has 0 N–H and O–H groups in total. The van der Waals surface area contributed by atoms with Crippen molar-refractivity contribution >= 4 is 5.91 Å². The molecule has 0 bridgehead atoms. The molecule has 2 aliphatic heterocycles. The first-order chi connectivity index (χ1) is 12.2. The van der Waals surface area contributed by atoms with Gasteiger partial charge in [-0.05, 0) is 32.2 Å². The van der Waals surface area contributed by atoms with Crippen LogP contribution >= 0.6 is 0 Å². The molecule has 2 aliphatic rings. The number of hydrogen-bond donors (Lipinski definition) is 0. The van der Waals surface area contributed by atoms with Crippen LogP contribution in [0.15, 0.2) is 40.9 Å². The number of benzene rings is 1. The molecule has 4 rings (SSSR count). The quantitative estimate of drug-likeness (QED) is 0.857. The fourth-order valence-electron chi connectivity index (χ4n) is 4.36. The second-order valence-electron chi connectivity index (χ2n) is 7.09. The van der Waals surface area contributed by atoms with E-state index in [9.17, 15) is 4.79 Å². The van der Waals surface area contributed by atoms with Gasteiger partial charge in [0.05, 0.1) is 12.7 Å². The molecular weight excluding hydrogens is 314 g/mol. The van der Waals surface area contributed by atoms with Crippen LogP contribution in [-0.2, 0) is 11.3 Å². The maximum Gasteiger partial charge on any atom is 0.219 e. The highest BCUT2D eigenvalue weighted by atomic mass is 16.4. The maximum atomic E-state index is 11.9. The second kappa shape index (κ2) is 7.00. The number of nitrogens with zero attached hydrogens (tertiary/aromatic N) is 3. The van der Waals surface area contributed by atoms with E-state index in [2.05, 4.69) is 14.8 Å². The van der Waals surface area contributed by atoms with Crippen molar-refractivity contribution in [2.45, 2.75) is 51.2 Å². The van der Waals surface area contributed by atoms with Gasteiger partial charge in [0.25, 0.3) is 0 Å². The molecule has 2 fully saturated rings. The summed E-state index contributed by atoms with van der Waals surface area (Å²) in [5.41, 5.74) is 1.05. The Morgan fingerprint density at radius 2 is 1.92 bits per heavy atom. The van der Waals surface area contributed by atoms with Gasteiger partial charge in [-0.3, -0.25) is 9.69 Å². The van der Waals surface area contributed by atoms with E-state index in [1.54, 1.807) is 6.92 Å². The van der Waals surface area contributed by atoms with Gasteiger partial charge in [0.1, 0.15) is 0 Å². The van der Waals surface area contributed by atoms with Crippen molar-refractivity contribution in [3.8, 4) is 11.3 Å². The minimum Gasteiger partial charge on any atom is -0.439 e. The zero-order valence-electron chi connectivity index (χ0n) is 14.7. The highest BCUT2D eigenvalue weighted by molar-refractivity contribution is 5.74. The molecule has 1 amide bonds. The predicted octanol–water partition coefficient (Wildman–Crippen LogP) is 3.32. The Kier molecular flexibility index (Phi) is 4.57. The van der Waals surface area contributed by atoms with E-state index in [0.29, 0.717) is 12.1 Å². The van der Waals surface area contributed by atoms with Gasteiger partial charge in [0.2, 0.25) is 11.8 Å². The van der Waals surface area contributed by atoms with Gasteiger partial charge < -0.3 is 9.32 Å². The van der Waals surface area contributed by atoms with Crippen LogP contribution in [0.1, 0.15) is 38.5 Å². The average molecular weight is 339 g/mol. The minimum absolute atomic E-state index is 0.205. The summed E-state index contributed by atoms with van der Waals surface area (Å²) in [5, 5.41) is 0. The van der Waals surface area contributed by atoms with Gasteiger partial charge in [0.15, 0.2) is 5.76 Å². The van der Waals surface area contributed by atoms with Crippen molar-refractivity contribution in [2.24, 2.45) is 0 Å². The van der Waals surface area contributed by atoms with Gasteiger partial charge >= 0.3 is 0 Å². The maximum absolute atomic E-state index is 11.9. The molecule has 1 aromatic carbocycles. The zero-order valence-corrected chi connectivity index (χ0v) is 14.7. The zero-order chi connectivity index (χ0) is 17.2. The summed E-state index contributed by atoms with van der Waals surface area (Å²) >= 11 is 0. The fraction of sp³-hybridized carbons (Fsp3) is 0.500. The molecule has 0 saturated carbocycles. The summed E-state index contributed by atoms with van der Waals surface area (Å²) in [4.78, 5) is 20.9. The number of carbonyl (C=O) groups is 1. The molecule has 3 heterocycles. The summed E-state index contributed by atoms with van der Waals surface area (Å²) in [6, 6.07) is 10.9. The summed E-state index contributed by atoms with van der Waals surface area (Å²) < 4.78 is 5.98. The van der Waals surface area contributed by atoms with E-state index in [1.807, 2.05) is 36.5 Å². The van der Waals surface area contributed by atoms with Crippen LogP contribution in [0.5, 0.6) is 0 Å². The Bertz CT molecular complexity index is 728. The molecule has 2 aromatic rings. The van der Waals surface area contributed by atoms with E-state index >= 15 is 0 Å². The van der Waals surface area contributed by atoms with Gasteiger partial charge in [-0.15, -0.1) is 0 Å². The number of hydrogen-bond acceptors (Lipinski definition) is 4. The number of oxazole rings is 1. The Morgan fingerprint density at radius 1 is 1.16 bits per heavy atom. The number of aromatic nitrogens is 1. The van der Waals surface area contributed by atoms with Crippen molar-refractivity contribution in [2.75, 3.05) is 13.1 Å². The third-order valence-corrected chi connectivity index (χ3v) is 5.51. The molecular formula is C20H25N3O2. The van der Waals surface area contributed by atoms with E-state index in [0.717, 1.165) is 56.1 Å². The molecule has 0 spiro atoms. The highest BCUT2D eigenvalue weighted by Gasteiger charge is 2.39. The molecule has 0 unspecified atom stereocenters. The predicted molar refractivity (Wildman–Crippen MR) is 95.8 cm³/mol. The third kappa shape index (κ3) is 3.33. The molecule has 2 atom stereocenters. The lowest BCUT2D eigenvalue weighted by Crippen LogP contribution is -2.47. The molecule has 2 saturated heterocycles. The lowest BCUT2D eigenvalue weighted by Gasteiger charge is -2.34. The Morgan fingerprint density at radius 3 is 2.72 bits per heavy atom. The first kappa shape index (κ1) is 16.3. The lowest BCUT2D eigenvalue weighted by atomic mass is 10.0. The molecule has 5 nitrogen and oxygen atoms in total. The Hall–Kier alpha value is -2.14. The molecule has 1 aromatic heterocycles. The topological polar surface area (TPSA) is 49.6 Å². The van der Waals surface area contributed by atoms with Crippen LogP contribution in [0.4, 0.5) is 0 Å². The van der Waals surface area contributed by atoms with Crippen molar-refractivity contribution in [3.05, 3.63) is 42.4 Å². The summed E-state index contributed by atoms with van der Waals surface area (Å²) in [5.74, 6) is 1.78.